The Balaban J connectivity index is 2.87. The number of benzene rings is 1. The first-order valence-corrected chi connectivity index (χ1v) is 4.44. The van der Waals surface area contributed by atoms with E-state index in [0.717, 1.165) is 12.1 Å². The van der Waals surface area contributed by atoms with Crippen molar-refractivity contribution in [3.8, 4) is 0 Å². The Labute approximate surface area is 89.1 Å². The predicted molar refractivity (Wildman–Crippen MR) is 48.9 cm³/mol. The number of aryl methyl sites for hydroxylation is 1. The van der Waals surface area contributed by atoms with Crippen LogP contribution in [0.15, 0.2) is 18.2 Å². The quantitative estimate of drug-likeness (QED) is 0.802. The third kappa shape index (κ3) is 3.22. The second-order valence-corrected chi connectivity index (χ2v) is 3.28. The minimum Gasteiger partial charge on any atom is -0.370 e. The van der Waals surface area contributed by atoms with Crippen molar-refractivity contribution >= 4 is 5.91 Å². The van der Waals surface area contributed by atoms with Crippen LogP contribution in [0.25, 0.3) is 0 Å². The Hall–Kier alpha value is -1.59. The first-order chi connectivity index (χ1) is 7.30. The predicted octanol–water partition coefficient (Wildman–Crippen LogP) is 2.26. The van der Waals surface area contributed by atoms with E-state index in [0.29, 0.717) is 11.6 Å². The van der Waals surface area contributed by atoms with Gasteiger partial charge in [-0.2, -0.15) is 13.2 Å². The van der Waals surface area contributed by atoms with E-state index in [1.807, 2.05) is 0 Å². The normalized spacial score (nSPS) is 11.5. The molecule has 0 heterocycles. The Kier molecular flexibility index (Phi) is 3.51. The molecule has 1 rings (SSSR count). The summed E-state index contributed by atoms with van der Waals surface area (Å²) in [7, 11) is 0. The summed E-state index contributed by atoms with van der Waals surface area (Å²) >= 11 is 0. The Morgan fingerprint density at radius 3 is 2.38 bits per heavy atom. The largest absolute Gasteiger partial charge is 0.419 e. The van der Waals surface area contributed by atoms with Gasteiger partial charge < -0.3 is 5.73 Å². The van der Waals surface area contributed by atoms with E-state index in [1.165, 1.54) is 0 Å². The van der Waals surface area contributed by atoms with E-state index in [2.05, 4.69) is 0 Å². The van der Waals surface area contributed by atoms with Gasteiger partial charge >= 0.3 is 6.18 Å². The first kappa shape index (κ1) is 12.5. The van der Waals surface area contributed by atoms with Crippen molar-refractivity contribution in [2.24, 2.45) is 5.73 Å². The van der Waals surface area contributed by atoms with Crippen molar-refractivity contribution < 1.29 is 22.4 Å². The zero-order chi connectivity index (χ0) is 12.3. The molecule has 2 N–H and O–H groups in total. The third-order valence-electron chi connectivity index (χ3n) is 2.00. The molecular formula is C10H9F4NO. The maximum Gasteiger partial charge on any atom is 0.419 e. The van der Waals surface area contributed by atoms with Gasteiger partial charge in [0.15, 0.2) is 0 Å². The minimum absolute atomic E-state index is 0.0230. The fourth-order valence-corrected chi connectivity index (χ4v) is 1.21. The Morgan fingerprint density at radius 2 is 1.94 bits per heavy atom. The van der Waals surface area contributed by atoms with Crippen LogP contribution >= 0.6 is 0 Å². The van der Waals surface area contributed by atoms with Crippen LogP contribution in [0, 0.1) is 5.82 Å². The Bertz CT molecular complexity index is 400. The van der Waals surface area contributed by atoms with Gasteiger partial charge in [-0.1, -0.05) is 6.07 Å². The van der Waals surface area contributed by atoms with Gasteiger partial charge in [0.1, 0.15) is 5.82 Å². The van der Waals surface area contributed by atoms with Crippen molar-refractivity contribution in [1.82, 2.24) is 0 Å². The monoisotopic (exact) mass is 235 g/mol. The molecule has 0 aromatic heterocycles. The van der Waals surface area contributed by atoms with E-state index in [4.69, 9.17) is 5.73 Å². The van der Waals surface area contributed by atoms with Crippen molar-refractivity contribution in [3.05, 3.63) is 35.1 Å². The van der Waals surface area contributed by atoms with Crippen molar-refractivity contribution in [1.29, 1.82) is 0 Å². The van der Waals surface area contributed by atoms with Gasteiger partial charge in [0, 0.05) is 6.42 Å². The molecule has 16 heavy (non-hydrogen) atoms. The molecule has 1 aromatic carbocycles. The summed E-state index contributed by atoms with van der Waals surface area (Å²) in [6.07, 6.45) is -4.60. The molecule has 2 nitrogen and oxygen atoms in total. The van der Waals surface area contributed by atoms with Crippen molar-refractivity contribution in [3.63, 3.8) is 0 Å². The summed E-state index contributed by atoms with van der Waals surface area (Å²) < 4.78 is 49.6. The first-order valence-electron chi connectivity index (χ1n) is 4.44. The van der Waals surface area contributed by atoms with Gasteiger partial charge in [-0.25, -0.2) is 4.39 Å². The van der Waals surface area contributed by atoms with Crippen molar-refractivity contribution in [2.75, 3.05) is 0 Å². The zero-order valence-corrected chi connectivity index (χ0v) is 8.14. The summed E-state index contributed by atoms with van der Waals surface area (Å²) in [6, 6.07) is 2.56. The summed E-state index contributed by atoms with van der Waals surface area (Å²) in [4.78, 5) is 10.4. The van der Waals surface area contributed by atoms with Crippen molar-refractivity contribution in [2.45, 2.75) is 19.0 Å². The van der Waals surface area contributed by atoms with Gasteiger partial charge in [-0.05, 0) is 24.1 Å². The molecule has 0 spiro atoms. The van der Waals surface area contributed by atoms with Crippen LogP contribution < -0.4 is 5.73 Å². The number of hydrogen-bond acceptors (Lipinski definition) is 1. The smallest absolute Gasteiger partial charge is 0.370 e. The molecule has 1 aromatic rings. The number of alkyl halides is 3. The van der Waals surface area contributed by atoms with E-state index < -0.39 is 23.5 Å². The number of hydrogen-bond donors (Lipinski definition) is 1. The van der Waals surface area contributed by atoms with E-state index >= 15 is 0 Å². The highest BCUT2D eigenvalue weighted by Crippen LogP contribution is 2.31. The fraction of sp³-hybridized carbons (Fsp3) is 0.300. The summed E-state index contributed by atoms with van der Waals surface area (Å²) in [5.74, 6) is -1.92. The molecule has 0 saturated heterocycles. The molecule has 0 aliphatic carbocycles. The number of nitrogens with two attached hydrogens (primary N) is 1. The second-order valence-electron chi connectivity index (χ2n) is 3.28. The van der Waals surface area contributed by atoms with Crippen LogP contribution in [0.2, 0.25) is 0 Å². The number of amides is 1. The van der Waals surface area contributed by atoms with E-state index in [-0.39, 0.29) is 12.8 Å². The van der Waals surface area contributed by atoms with Crippen LogP contribution in [-0.2, 0) is 17.4 Å². The summed E-state index contributed by atoms with van der Waals surface area (Å²) in [5.41, 5.74) is 3.86. The van der Waals surface area contributed by atoms with Crippen LogP contribution in [0.5, 0.6) is 0 Å². The maximum atomic E-state index is 13.0. The number of primary amides is 1. The highest BCUT2D eigenvalue weighted by molar-refractivity contribution is 5.73. The number of rotatable bonds is 3. The van der Waals surface area contributed by atoms with Crippen LogP contribution in [0.4, 0.5) is 17.6 Å². The molecule has 0 bridgehead atoms. The Morgan fingerprint density at radius 1 is 1.31 bits per heavy atom. The molecule has 6 heteroatoms. The van der Waals surface area contributed by atoms with Crippen LogP contribution in [0.3, 0.4) is 0 Å². The number of carbonyl (C=O) groups excluding carboxylic acids is 1. The topological polar surface area (TPSA) is 43.1 Å². The molecule has 0 radical (unpaired) electrons. The highest BCUT2D eigenvalue weighted by atomic mass is 19.4. The lowest BCUT2D eigenvalue weighted by molar-refractivity contribution is -0.140. The highest BCUT2D eigenvalue weighted by Gasteiger charge is 2.33. The lowest BCUT2D eigenvalue weighted by atomic mass is 10.1. The van der Waals surface area contributed by atoms with Gasteiger partial charge in [0.05, 0.1) is 5.56 Å². The molecule has 0 unspecified atom stereocenters. The van der Waals surface area contributed by atoms with Gasteiger partial charge in [-0.3, -0.25) is 4.79 Å². The molecule has 0 atom stereocenters. The lowest BCUT2D eigenvalue weighted by Gasteiger charge is -2.08. The average molecular weight is 235 g/mol. The third-order valence-corrected chi connectivity index (χ3v) is 2.00. The number of carbonyl (C=O) groups is 1. The molecule has 0 fully saturated rings. The standard InChI is InChI=1S/C10H9F4NO/c11-8-5-6(2-4-9(15)16)1-3-7(8)10(12,13)14/h1,3,5H,2,4H2,(H2,15,16). The average Bonchev–Trinajstić information content (AvgIpc) is 2.12. The van der Waals surface area contributed by atoms with Gasteiger partial charge in [-0.15, -0.1) is 0 Å². The molecular weight excluding hydrogens is 226 g/mol. The molecule has 0 aliphatic heterocycles. The fourth-order valence-electron chi connectivity index (χ4n) is 1.21. The van der Waals surface area contributed by atoms with Gasteiger partial charge in [0.25, 0.3) is 0 Å². The minimum atomic E-state index is -4.70. The number of halogens is 4. The molecule has 0 saturated carbocycles. The van der Waals surface area contributed by atoms with E-state index in [9.17, 15) is 22.4 Å². The SMILES string of the molecule is NC(=O)CCc1ccc(C(F)(F)F)c(F)c1. The molecule has 1 amide bonds. The summed E-state index contributed by atoms with van der Waals surface area (Å²) in [6.45, 7) is 0. The van der Waals surface area contributed by atoms with Crippen LogP contribution in [-0.4, -0.2) is 5.91 Å². The lowest BCUT2D eigenvalue weighted by Crippen LogP contribution is -2.12. The van der Waals surface area contributed by atoms with Gasteiger partial charge in [0.2, 0.25) is 5.91 Å². The van der Waals surface area contributed by atoms with E-state index in [1.54, 1.807) is 0 Å². The second kappa shape index (κ2) is 4.51. The maximum absolute atomic E-state index is 13.0. The van der Waals surface area contributed by atoms with Crippen LogP contribution in [0.1, 0.15) is 17.5 Å². The molecule has 0 aliphatic rings. The zero-order valence-electron chi connectivity index (χ0n) is 8.14. The molecule has 88 valence electrons. The summed E-state index contributed by atoms with van der Waals surface area (Å²) in [5, 5.41) is 0.